The van der Waals surface area contributed by atoms with Crippen LogP contribution in [0.5, 0.6) is 0 Å². The topological polar surface area (TPSA) is 54.3 Å². The van der Waals surface area contributed by atoms with Crippen molar-refractivity contribution in [1.29, 1.82) is 0 Å². The van der Waals surface area contributed by atoms with Gasteiger partial charge in [-0.2, -0.15) is 0 Å². The quantitative estimate of drug-likeness (QED) is 0.866. The van der Waals surface area contributed by atoms with Crippen LogP contribution in [-0.2, 0) is 6.54 Å². The molecule has 0 saturated carbocycles. The number of hydrogen-bond donors (Lipinski definition) is 2. The number of anilines is 1. The van der Waals surface area contributed by atoms with E-state index >= 15 is 0 Å². The normalized spacial score (nSPS) is 10.5. The summed E-state index contributed by atoms with van der Waals surface area (Å²) in [7, 11) is 0. The largest absolute Gasteiger partial charge is 0.467 e. The predicted molar refractivity (Wildman–Crippen MR) is 75.1 cm³/mol. The Morgan fingerprint density at radius 3 is 2.79 bits per heavy atom. The molecule has 1 aromatic heterocycles. The zero-order chi connectivity index (χ0) is 13.7. The number of amides is 1. The first-order chi connectivity index (χ1) is 9.15. The lowest BCUT2D eigenvalue weighted by Crippen LogP contribution is -2.30. The van der Waals surface area contributed by atoms with E-state index in [-0.39, 0.29) is 11.9 Å². The van der Waals surface area contributed by atoms with Gasteiger partial charge in [0, 0.05) is 17.3 Å². The first kappa shape index (κ1) is 13.2. The summed E-state index contributed by atoms with van der Waals surface area (Å²) in [6, 6.07) is 11.3. The fraction of sp³-hybridized carbons (Fsp3) is 0.267. The van der Waals surface area contributed by atoms with Crippen LogP contribution >= 0.6 is 0 Å². The van der Waals surface area contributed by atoms with Crippen LogP contribution in [0.1, 0.15) is 30.0 Å². The molecule has 0 radical (unpaired) electrons. The molecule has 0 atom stereocenters. The van der Waals surface area contributed by atoms with Crippen molar-refractivity contribution in [2.75, 3.05) is 5.32 Å². The summed E-state index contributed by atoms with van der Waals surface area (Å²) in [5, 5.41) is 6.09. The highest BCUT2D eigenvalue weighted by Crippen LogP contribution is 2.12. The lowest BCUT2D eigenvalue weighted by atomic mass is 10.1. The van der Waals surface area contributed by atoms with Crippen LogP contribution in [0.15, 0.2) is 47.1 Å². The zero-order valence-corrected chi connectivity index (χ0v) is 11.1. The second-order valence-electron chi connectivity index (χ2n) is 4.64. The Bertz CT molecular complexity index is 533. The average Bonchev–Trinajstić information content (AvgIpc) is 2.89. The molecule has 1 heterocycles. The number of hydrogen-bond acceptors (Lipinski definition) is 3. The van der Waals surface area contributed by atoms with Crippen LogP contribution in [-0.4, -0.2) is 11.9 Å². The van der Waals surface area contributed by atoms with Gasteiger partial charge >= 0.3 is 0 Å². The highest BCUT2D eigenvalue weighted by atomic mass is 16.3. The highest BCUT2D eigenvalue weighted by Gasteiger charge is 2.07. The van der Waals surface area contributed by atoms with Gasteiger partial charge in [-0.15, -0.1) is 0 Å². The van der Waals surface area contributed by atoms with E-state index in [9.17, 15) is 4.79 Å². The molecular weight excluding hydrogens is 240 g/mol. The van der Waals surface area contributed by atoms with Crippen molar-refractivity contribution in [3.8, 4) is 0 Å². The fourth-order valence-electron chi connectivity index (χ4n) is 1.72. The molecule has 2 aromatic rings. The van der Waals surface area contributed by atoms with Gasteiger partial charge in [0.2, 0.25) is 0 Å². The Morgan fingerprint density at radius 2 is 2.11 bits per heavy atom. The van der Waals surface area contributed by atoms with Gasteiger partial charge in [-0.3, -0.25) is 4.79 Å². The van der Waals surface area contributed by atoms with Gasteiger partial charge in [-0.25, -0.2) is 0 Å². The third-order valence-electron chi connectivity index (χ3n) is 2.59. The molecule has 0 aliphatic carbocycles. The second kappa shape index (κ2) is 6.09. The smallest absolute Gasteiger partial charge is 0.251 e. The number of benzene rings is 1. The summed E-state index contributed by atoms with van der Waals surface area (Å²) in [5.74, 6) is 0.800. The number of carbonyl (C=O) groups excluding carboxylic acids is 1. The maximum absolute atomic E-state index is 11.9. The van der Waals surface area contributed by atoms with Crippen molar-refractivity contribution in [1.82, 2.24) is 5.32 Å². The van der Waals surface area contributed by atoms with Crippen LogP contribution in [0, 0.1) is 0 Å². The first-order valence-corrected chi connectivity index (χ1v) is 6.32. The molecule has 4 nitrogen and oxygen atoms in total. The van der Waals surface area contributed by atoms with E-state index in [2.05, 4.69) is 10.6 Å². The van der Waals surface area contributed by atoms with Crippen LogP contribution in [0.4, 0.5) is 5.69 Å². The Kier molecular flexibility index (Phi) is 4.23. The van der Waals surface area contributed by atoms with Gasteiger partial charge in [0.15, 0.2) is 0 Å². The molecule has 0 spiro atoms. The fourth-order valence-corrected chi connectivity index (χ4v) is 1.72. The molecule has 1 aromatic carbocycles. The summed E-state index contributed by atoms with van der Waals surface area (Å²) in [5.41, 5.74) is 1.55. The van der Waals surface area contributed by atoms with E-state index in [1.807, 2.05) is 44.2 Å². The molecule has 0 aliphatic heterocycles. The maximum Gasteiger partial charge on any atom is 0.251 e. The van der Waals surface area contributed by atoms with Crippen molar-refractivity contribution in [2.24, 2.45) is 0 Å². The van der Waals surface area contributed by atoms with Crippen LogP contribution in [0.25, 0.3) is 0 Å². The minimum absolute atomic E-state index is 0.0587. The lowest BCUT2D eigenvalue weighted by Gasteiger charge is -2.10. The number of rotatable bonds is 5. The molecule has 1 amide bonds. The average molecular weight is 258 g/mol. The highest BCUT2D eigenvalue weighted by molar-refractivity contribution is 5.95. The van der Waals surface area contributed by atoms with E-state index in [0.29, 0.717) is 12.1 Å². The molecular formula is C15H18N2O2. The standard InChI is InChI=1S/C15H18N2O2/c1-11(2)17-15(18)12-5-3-6-13(9-12)16-10-14-7-4-8-19-14/h3-9,11,16H,10H2,1-2H3,(H,17,18). The second-order valence-corrected chi connectivity index (χ2v) is 4.64. The maximum atomic E-state index is 11.9. The van der Waals surface area contributed by atoms with Gasteiger partial charge in [-0.05, 0) is 44.2 Å². The van der Waals surface area contributed by atoms with E-state index in [1.54, 1.807) is 12.3 Å². The summed E-state index contributed by atoms with van der Waals surface area (Å²) in [6.45, 7) is 4.48. The third-order valence-corrected chi connectivity index (χ3v) is 2.59. The monoisotopic (exact) mass is 258 g/mol. The minimum Gasteiger partial charge on any atom is -0.467 e. The lowest BCUT2D eigenvalue weighted by molar-refractivity contribution is 0.0943. The molecule has 2 rings (SSSR count). The van der Waals surface area contributed by atoms with E-state index < -0.39 is 0 Å². The van der Waals surface area contributed by atoms with Crippen molar-refractivity contribution in [3.63, 3.8) is 0 Å². The zero-order valence-electron chi connectivity index (χ0n) is 11.1. The Hall–Kier alpha value is -2.23. The minimum atomic E-state index is -0.0587. The molecule has 0 bridgehead atoms. The molecule has 19 heavy (non-hydrogen) atoms. The van der Waals surface area contributed by atoms with Crippen LogP contribution in [0.2, 0.25) is 0 Å². The van der Waals surface area contributed by atoms with E-state index in [4.69, 9.17) is 4.42 Å². The van der Waals surface area contributed by atoms with Crippen molar-refractivity contribution >= 4 is 11.6 Å². The molecule has 0 fully saturated rings. The van der Waals surface area contributed by atoms with Crippen molar-refractivity contribution < 1.29 is 9.21 Å². The molecule has 0 saturated heterocycles. The van der Waals surface area contributed by atoms with Gasteiger partial charge in [-0.1, -0.05) is 6.07 Å². The van der Waals surface area contributed by atoms with E-state index in [1.165, 1.54) is 0 Å². The third kappa shape index (κ3) is 3.88. The first-order valence-electron chi connectivity index (χ1n) is 6.32. The van der Waals surface area contributed by atoms with Crippen LogP contribution < -0.4 is 10.6 Å². The predicted octanol–water partition coefficient (Wildman–Crippen LogP) is 3.03. The Morgan fingerprint density at radius 1 is 1.26 bits per heavy atom. The molecule has 2 N–H and O–H groups in total. The summed E-state index contributed by atoms with van der Waals surface area (Å²) >= 11 is 0. The molecule has 100 valence electrons. The summed E-state index contributed by atoms with van der Waals surface area (Å²) < 4.78 is 5.24. The molecule has 0 unspecified atom stereocenters. The van der Waals surface area contributed by atoms with E-state index in [0.717, 1.165) is 11.4 Å². The number of nitrogens with one attached hydrogen (secondary N) is 2. The van der Waals surface area contributed by atoms with Crippen LogP contribution in [0.3, 0.4) is 0 Å². The number of carbonyl (C=O) groups is 1. The van der Waals surface area contributed by atoms with Gasteiger partial charge in [0.05, 0.1) is 12.8 Å². The number of furan rings is 1. The van der Waals surface area contributed by atoms with Crippen molar-refractivity contribution in [2.45, 2.75) is 26.4 Å². The Labute approximate surface area is 112 Å². The van der Waals surface area contributed by atoms with Gasteiger partial charge in [0.1, 0.15) is 5.76 Å². The Balaban J connectivity index is 2.00. The van der Waals surface area contributed by atoms with Gasteiger partial charge < -0.3 is 15.1 Å². The summed E-state index contributed by atoms with van der Waals surface area (Å²) in [6.07, 6.45) is 1.64. The van der Waals surface area contributed by atoms with Gasteiger partial charge in [0.25, 0.3) is 5.91 Å². The molecule has 0 aliphatic rings. The summed E-state index contributed by atoms with van der Waals surface area (Å²) in [4.78, 5) is 11.9. The molecule has 4 heteroatoms. The SMILES string of the molecule is CC(C)NC(=O)c1cccc(NCc2ccco2)c1. The van der Waals surface area contributed by atoms with Crippen molar-refractivity contribution in [3.05, 3.63) is 54.0 Å².